The number of aryl methyl sites for hydroxylation is 2. The smallest absolute Gasteiger partial charge is 0.124 e. The molecule has 0 amide bonds. The molecule has 1 aromatic carbocycles. The highest BCUT2D eigenvalue weighted by molar-refractivity contribution is 5.39. The molecule has 2 atom stereocenters. The van der Waals surface area contributed by atoms with Crippen LogP contribution in [0.1, 0.15) is 29.8 Å². The van der Waals surface area contributed by atoms with Crippen molar-refractivity contribution < 1.29 is 4.74 Å². The first-order chi connectivity index (χ1) is 11.1. The molecule has 0 saturated carbocycles. The van der Waals surface area contributed by atoms with Crippen LogP contribution in [0.25, 0.3) is 0 Å². The zero-order valence-electron chi connectivity index (χ0n) is 14.4. The van der Waals surface area contributed by atoms with Gasteiger partial charge in [0, 0.05) is 43.2 Å². The van der Waals surface area contributed by atoms with E-state index in [1.807, 2.05) is 13.0 Å². The number of fused-ring (bicyclic) bond motifs is 1. The highest BCUT2D eigenvalue weighted by Gasteiger charge is 2.20. The van der Waals surface area contributed by atoms with Gasteiger partial charge < -0.3 is 15.4 Å². The van der Waals surface area contributed by atoms with Crippen LogP contribution in [0.3, 0.4) is 0 Å². The number of anilines is 1. The Morgan fingerprint density at radius 2 is 2.22 bits per heavy atom. The number of hydrogen-bond donors (Lipinski definition) is 2. The number of hydrogen-bond acceptors (Lipinski definition) is 4. The minimum absolute atomic E-state index is 0.255. The van der Waals surface area contributed by atoms with Crippen LogP contribution in [0.5, 0.6) is 5.75 Å². The van der Waals surface area contributed by atoms with E-state index in [9.17, 15) is 0 Å². The van der Waals surface area contributed by atoms with Crippen LogP contribution >= 0.6 is 0 Å². The van der Waals surface area contributed by atoms with Crippen molar-refractivity contribution in [3.05, 3.63) is 41.1 Å². The summed E-state index contributed by atoms with van der Waals surface area (Å²) < 4.78 is 7.57. The monoisotopic (exact) mass is 314 g/mol. The second kappa shape index (κ2) is 6.62. The number of nitrogens with zero attached hydrogens (tertiary/aromatic N) is 2. The number of nitrogens with one attached hydrogen (secondary N) is 2. The standard InChI is InChI=1S/C18H26N4O/c1-12-5-6-17(23-4)16(7-12)14(3)19-9-15-10-20-18-8-13(2)21-22(18)11-15/h5-8,14-15,19-20H,9-11H2,1-4H3/t14-,15-/m1/s1. The average Bonchev–Trinajstić information content (AvgIpc) is 2.91. The summed E-state index contributed by atoms with van der Waals surface area (Å²) in [6.07, 6.45) is 0. The van der Waals surface area contributed by atoms with Crippen molar-refractivity contribution in [2.45, 2.75) is 33.4 Å². The number of aromatic nitrogens is 2. The molecule has 0 unspecified atom stereocenters. The summed E-state index contributed by atoms with van der Waals surface area (Å²) in [5.41, 5.74) is 3.54. The summed E-state index contributed by atoms with van der Waals surface area (Å²) in [5.74, 6) is 2.61. The van der Waals surface area contributed by atoms with Gasteiger partial charge in [0.2, 0.25) is 0 Å². The van der Waals surface area contributed by atoms with Crippen LogP contribution in [0.2, 0.25) is 0 Å². The summed E-state index contributed by atoms with van der Waals surface area (Å²) in [4.78, 5) is 0. The third-order valence-corrected chi connectivity index (χ3v) is 4.47. The molecule has 0 fully saturated rings. The van der Waals surface area contributed by atoms with Crippen LogP contribution in [-0.2, 0) is 6.54 Å². The average molecular weight is 314 g/mol. The minimum atomic E-state index is 0.255. The van der Waals surface area contributed by atoms with E-state index in [0.29, 0.717) is 5.92 Å². The first-order valence-corrected chi connectivity index (χ1v) is 8.23. The third-order valence-electron chi connectivity index (χ3n) is 4.47. The molecule has 2 N–H and O–H groups in total. The lowest BCUT2D eigenvalue weighted by atomic mass is 10.0. The van der Waals surface area contributed by atoms with E-state index >= 15 is 0 Å². The normalized spacial score (nSPS) is 18.2. The van der Waals surface area contributed by atoms with Crippen molar-refractivity contribution in [3.8, 4) is 5.75 Å². The van der Waals surface area contributed by atoms with Gasteiger partial charge in [-0.25, -0.2) is 4.68 Å². The molecule has 0 radical (unpaired) electrons. The van der Waals surface area contributed by atoms with Gasteiger partial charge in [-0.15, -0.1) is 0 Å². The van der Waals surface area contributed by atoms with Gasteiger partial charge in [0.25, 0.3) is 0 Å². The number of ether oxygens (including phenoxy) is 1. The lowest BCUT2D eigenvalue weighted by Crippen LogP contribution is -2.36. The predicted molar refractivity (Wildman–Crippen MR) is 93.1 cm³/mol. The van der Waals surface area contributed by atoms with E-state index < -0.39 is 0 Å². The topological polar surface area (TPSA) is 51.1 Å². The highest BCUT2D eigenvalue weighted by atomic mass is 16.5. The zero-order valence-corrected chi connectivity index (χ0v) is 14.4. The van der Waals surface area contributed by atoms with Gasteiger partial charge in [-0.2, -0.15) is 5.10 Å². The van der Waals surface area contributed by atoms with E-state index in [2.05, 4.69) is 52.5 Å². The van der Waals surface area contributed by atoms with Gasteiger partial charge in [0.1, 0.15) is 11.6 Å². The Hall–Kier alpha value is -2.01. The summed E-state index contributed by atoms with van der Waals surface area (Å²) in [7, 11) is 1.73. The van der Waals surface area contributed by atoms with E-state index in [0.717, 1.165) is 36.9 Å². The van der Waals surface area contributed by atoms with Crippen LogP contribution < -0.4 is 15.4 Å². The van der Waals surface area contributed by atoms with E-state index in [4.69, 9.17) is 4.74 Å². The van der Waals surface area contributed by atoms with Gasteiger partial charge >= 0.3 is 0 Å². The van der Waals surface area contributed by atoms with Crippen molar-refractivity contribution in [1.82, 2.24) is 15.1 Å². The Balaban J connectivity index is 1.61. The number of benzene rings is 1. The molecule has 1 aliphatic heterocycles. The van der Waals surface area contributed by atoms with E-state index in [-0.39, 0.29) is 6.04 Å². The molecule has 0 aliphatic carbocycles. The second-order valence-electron chi connectivity index (χ2n) is 6.48. The van der Waals surface area contributed by atoms with Gasteiger partial charge in [0.15, 0.2) is 0 Å². The van der Waals surface area contributed by atoms with Crippen molar-refractivity contribution in [2.75, 3.05) is 25.5 Å². The van der Waals surface area contributed by atoms with Gasteiger partial charge in [0.05, 0.1) is 12.8 Å². The van der Waals surface area contributed by atoms with Gasteiger partial charge in [-0.3, -0.25) is 0 Å². The molecular formula is C18H26N4O. The van der Waals surface area contributed by atoms with Crippen LogP contribution in [0, 0.1) is 19.8 Å². The van der Waals surface area contributed by atoms with Gasteiger partial charge in [-0.1, -0.05) is 17.7 Å². The SMILES string of the molecule is COc1ccc(C)cc1[C@@H](C)NC[C@@H]1CNc2cc(C)nn2C1. The highest BCUT2D eigenvalue weighted by Crippen LogP contribution is 2.26. The van der Waals surface area contributed by atoms with E-state index in [1.54, 1.807) is 7.11 Å². The van der Waals surface area contributed by atoms with Crippen molar-refractivity contribution >= 4 is 5.82 Å². The molecule has 124 valence electrons. The molecule has 0 saturated heterocycles. The largest absolute Gasteiger partial charge is 0.496 e. The van der Waals surface area contributed by atoms with Crippen LogP contribution in [0.4, 0.5) is 5.82 Å². The van der Waals surface area contributed by atoms with Crippen molar-refractivity contribution in [1.29, 1.82) is 0 Å². The summed E-state index contributed by atoms with van der Waals surface area (Å²) in [6, 6.07) is 8.69. The molecule has 23 heavy (non-hydrogen) atoms. The third kappa shape index (κ3) is 3.50. The van der Waals surface area contributed by atoms with Crippen molar-refractivity contribution in [2.24, 2.45) is 5.92 Å². The van der Waals surface area contributed by atoms with Crippen LogP contribution in [-0.4, -0.2) is 30.0 Å². The molecule has 1 aromatic heterocycles. The number of rotatable bonds is 5. The fourth-order valence-corrected chi connectivity index (χ4v) is 3.17. The maximum Gasteiger partial charge on any atom is 0.124 e. The molecule has 0 spiro atoms. The fourth-order valence-electron chi connectivity index (χ4n) is 3.17. The molecule has 0 bridgehead atoms. The Morgan fingerprint density at radius 3 is 3.00 bits per heavy atom. The first kappa shape index (κ1) is 15.9. The Kier molecular flexibility index (Phi) is 4.57. The molecule has 2 aromatic rings. The Bertz CT molecular complexity index is 680. The van der Waals surface area contributed by atoms with Crippen molar-refractivity contribution in [3.63, 3.8) is 0 Å². The molecule has 5 nitrogen and oxygen atoms in total. The molecule has 3 rings (SSSR count). The lowest BCUT2D eigenvalue weighted by Gasteiger charge is -2.27. The fraction of sp³-hybridized carbons (Fsp3) is 0.500. The minimum Gasteiger partial charge on any atom is -0.496 e. The molecule has 2 heterocycles. The zero-order chi connectivity index (χ0) is 16.4. The summed E-state index contributed by atoms with van der Waals surface area (Å²) in [6.45, 7) is 9.23. The maximum absolute atomic E-state index is 5.50. The summed E-state index contributed by atoms with van der Waals surface area (Å²) >= 11 is 0. The van der Waals surface area contributed by atoms with Gasteiger partial charge in [-0.05, 0) is 26.8 Å². The Morgan fingerprint density at radius 1 is 1.39 bits per heavy atom. The first-order valence-electron chi connectivity index (χ1n) is 8.23. The van der Waals surface area contributed by atoms with E-state index in [1.165, 1.54) is 11.1 Å². The molecular weight excluding hydrogens is 288 g/mol. The lowest BCUT2D eigenvalue weighted by molar-refractivity contribution is 0.367. The van der Waals surface area contributed by atoms with Crippen LogP contribution in [0.15, 0.2) is 24.3 Å². The maximum atomic E-state index is 5.50. The second-order valence-corrected chi connectivity index (χ2v) is 6.48. The Labute approximate surface area is 138 Å². The summed E-state index contributed by atoms with van der Waals surface area (Å²) in [5, 5.41) is 11.6. The predicted octanol–water partition coefficient (Wildman–Crippen LogP) is 2.90. The number of methoxy groups -OCH3 is 1. The molecule has 5 heteroatoms. The molecule has 1 aliphatic rings. The quantitative estimate of drug-likeness (QED) is 0.891.